The molecule has 0 aliphatic carbocycles. The molecule has 0 heterocycles. The SMILES string of the molecule is CC(N)CNS(=O)(=O)N(C)C(C)C. The average Bonchev–Trinajstić information content (AvgIpc) is 1.99. The molecule has 3 N–H and O–H groups in total. The standard InChI is InChI=1S/C7H19N3O2S/c1-6(2)10(4)13(11,12)9-5-7(3)8/h6-7,9H,5,8H2,1-4H3. The summed E-state index contributed by atoms with van der Waals surface area (Å²) in [4.78, 5) is 0. The summed E-state index contributed by atoms with van der Waals surface area (Å²) in [7, 11) is -1.82. The molecule has 0 fully saturated rings. The molecule has 0 radical (unpaired) electrons. The van der Waals surface area contributed by atoms with Crippen molar-refractivity contribution in [2.24, 2.45) is 5.73 Å². The van der Waals surface area contributed by atoms with Crippen molar-refractivity contribution < 1.29 is 8.42 Å². The first-order chi connectivity index (χ1) is 5.77. The monoisotopic (exact) mass is 209 g/mol. The van der Waals surface area contributed by atoms with Crippen molar-refractivity contribution >= 4 is 10.2 Å². The predicted molar refractivity (Wildman–Crippen MR) is 53.5 cm³/mol. The van der Waals surface area contributed by atoms with E-state index < -0.39 is 10.2 Å². The quantitative estimate of drug-likeness (QED) is 0.641. The molecule has 1 unspecified atom stereocenters. The largest absolute Gasteiger partial charge is 0.327 e. The van der Waals surface area contributed by atoms with Gasteiger partial charge >= 0.3 is 0 Å². The van der Waals surface area contributed by atoms with Gasteiger partial charge in [0, 0.05) is 25.7 Å². The molecule has 0 aromatic carbocycles. The molecule has 0 aromatic rings. The van der Waals surface area contributed by atoms with E-state index in [1.165, 1.54) is 11.4 Å². The summed E-state index contributed by atoms with van der Waals surface area (Å²) in [5.41, 5.74) is 5.43. The Bertz CT molecular complexity index is 236. The molecule has 0 bridgehead atoms. The topological polar surface area (TPSA) is 75.4 Å². The third kappa shape index (κ3) is 4.56. The smallest absolute Gasteiger partial charge is 0.279 e. The van der Waals surface area contributed by atoms with E-state index in [9.17, 15) is 8.42 Å². The molecule has 0 aromatic heterocycles. The van der Waals surface area contributed by atoms with Crippen LogP contribution in [0.5, 0.6) is 0 Å². The van der Waals surface area contributed by atoms with E-state index >= 15 is 0 Å². The number of nitrogens with zero attached hydrogens (tertiary/aromatic N) is 1. The Balaban J connectivity index is 4.24. The second-order valence-electron chi connectivity index (χ2n) is 3.44. The van der Waals surface area contributed by atoms with Gasteiger partial charge in [0.25, 0.3) is 10.2 Å². The van der Waals surface area contributed by atoms with Crippen LogP contribution in [0, 0.1) is 0 Å². The Labute approximate surface area is 80.5 Å². The Morgan fingerprint density at radius 1 is 1.38 bits per heavy atom. The average molecular weight is 209 g/mol. The third-order valence-electron chi connectivity index (χ3n) is 1.69. The fourth-order valence-electron chi connectivity index (χ4n) is 0.616. The van der Waals surface area contributed by atoms with Gasteiger partial charge in [-0.05, 0) is 20.8 Å². The van der Waals surface area contributed by atoms with Gasteiger partial charge in [-0.1, -0.05) is 0 Å². The number of nitrogens with one attached hydrogen (secondary N) is 1. The molecule has 0 amide bonds. The van der Waals surface area contributed by atoms with Crippen LogP contribution in [0.15, 0.2) is 0 Å². The van der Waals surface area contributed by atoms with Crippen LogP contribution in [0.1, 0.15) is 20.8 Å². The number of rotatable bonds is 5. The van der Waals surface area contributed by atoms with Crippen molar-refractivity contribution in [1.29, 1.82) is 0 Å². The summed E-state index contributed by atoms with van der Waals surface area (Å²) in [6, 6.07) is -0.221. The lowest BCUT2D eigenvalue weighted by Crippen LogP contribution is -2.45. The van der Waals surface area contributed by atoms with Crippen molar-refractivity contribution in [3.05, 3.63) is 0 Å². The highest BCUT2D eigenvalue weighted by Gasteiger charge is 2.19. The lowest BCUT2D eigenvalue weighted by atomic mass is 10.4. The van der Waals surface area contributed by atoms with Crippen LogP contribution in [0.3, 0.4) is 0 Å². The van der Waals surface area contributed by atoms with Crippen molar-refractivity contribution in [1.82, 2.24) is 9.03 Å². The first kappa shape index (κ1) is 12.8. The van der Waals surface area contributed by atoms with Crippen LogP contribution < -0.4 is 10.5 Å². The first-order valence-corrected chi connectivity index (χ1v) is 5.69. The van der Waals surface area contributed by atoms with Gasteiger partial charge in [-0.3, -0.25) is 0 Å². The second-order valence-corrected chi connectivity index (χ2v) is 5.26. The van der Waals surface area contributed by atoms with Crippen LogP contribution in [-0.2, 0) is 10.2 Å². The fraction of sp³-hybridized carbons (Fsp3) is 1.00. The summed E-state index contributed by atoms with van der Waals surface area (Å²) in [5, 5.41) is 0. The van der Waals surface area contributed by atoms with Gasteiger partial charge in [-0.25, -0.2) is 4.72 Å². The predicted octanol–water partition coefficient (Wildman–Crippen LogP) is -0.492. The van der Waals surface area contributed by atoms with Gasteiger partial charge in [0.05, 0.1) is 0 Å². The van der Waals surface area contributed by atoms with E-state index in [2.05, 4.69) is 4.72 Å². The Morgan fingerprint density at radius 2 is 1.85 bits per heavy atom. The van der Waals surface area contributed by atoms with Gasteiger partial charge in [-0.15, -0.1) is 0 Å². The first-order valence-electron chi connectivity index (χ1n) is 4.25. The summed E-state index contributed by atoms with van der Waals surface area (Å²) in [6.07, 6.45) is 0. The van der Waals surface area contributed by atoms with Crippen molar-refractivity contribution in [2.45, 2.75) is 32.9 Å². The highest BCUT2D eigenvalue weighted by atomic mass is 32.2. The highest BCUT2D eigenvalue weighted by molar-refractivity contribution is 7.87. The Morgan fingerprint density at radius 3 is 2.15 bits per heavy atom. The molecule has 0 saturated carbocycles. The van der Waals surface area contributed by atoms with Gasteiger partial charge < -0.3 is 5.73 Å². The molecule has 6 heteroatoms. The summed E-state index contributed by atoms with van der Waals surface area (Å²) in [6.45, 7) is 5.63. The molecule has 0 aliphatic rings. The molecule has 80 valence electrons. The van der Waals surface area contributed by atoms with Crippen LogP contribution in [-0.4, -0.2) is 38.4 Å². The molecule has 5 nitrogen and oxygen atoms in total. The zero-order chi connectivity index (χ0) is 10.6. The van der Waals surface area contributed by atoms with Crippen LogP contribution in [0.2, 0.25) is 0 Å². The second kappa shape index (κ2) is 4.90. The summed E-state index contributed by atoms with van der Waals surface area (Å²) >= 11 is 0. The van der Waals surface area contributed by atoms with Crippen LogP contribution in [0.4, 0.5) is 0 Å². The van der Waals surface area contributed by atoms with Gasteiger partial charge in [0.15, 0.2) is 0 Å². The minimum Gasteiger partial charge on any atom is -0.327 e. The Hall–Kier alpha value is -0.170. The van der Waals surface area contributed by atoms with Crippen LogP contribution >= 0.6 is 0 Å². The van der Waals surface area contributed by atoms with Gasteiger partial charge in [-0.2, -0.15) is 12.7 Å². The third-order valence-corrected chi connectivity index (χ3v) is 3.41. The van der Waals surface area contributed by atoms with E-state index in [0.717, 1.165) is 0 Å². The summed E-state index contributed by atoms with van der Waals surface area (Å²) in [5.74, 6) is 0. The van der Waals surface area contributed by atoms with Gasteiger partial charge in [0.1, 0.15) is 0 Å². The van der Waals surface area contributed by atoms with Crippen molar-refractivity contribution in [3.63, 3.8) is 0 Å². The summed E-state index contributed by atoms with van der Waals surface area (Å²) < 4.78 is 26.6. The zero-order valence-corrected chi connectivity index (χ0v) is 9.43. The number of nitrogens with two attached hydrogens (primary N) is 1. The minimum absolute atomic E-state index is 0.0504. The molecular weight excluding hydrogens is 190 g/mol. The molecule has 0 spiro atoms. The van der Waals surface area contributed by atoms with E-state index in [4.69, 9.17) is 5.73 Å². The lowest BCUT2D eigenvalue weighted by Gasteiger charge is -2.21. The van der Waals surface area contributed by atoms with E-state index in [-0.39, 0.29) is 18.6 Å². The maximum absolute atomic E-state index is 11.4. The van der Waals surface area contributed by atoms with Crippen LogP contribution in [0.25, 0.3) is 0 Å². The molecule has 0 rings (SSSR count). The lowest BCUT2D eigenvalue weighted by molar-refractivity contribution is 0.401. The molecule has 0 saturated heterocycles. The number of hydrogen-bond donors (Lipinski definition) is 2. The minimum atomic E-state index is -3.35. The highest BCUT2D eigenvalue weighted by Crippen LogP contribution is 1.99. The molecule has 13 heavy (non-hydrogen) atoms. The van der Waals surface area contributed by atoms with E-state index in [0.29, 0.717) is 0 Å². The molecular formula is C7H19N3O2S. The maximum Gasteiger partial charge on any atom is 0.279 e. The van der Waals surface area contributed by atoms with E-state index in [1.807, 2.05) is 13.8 Å². The van der Waals surface area contributed by atoms with Crippen molar-refractivity contribution in [3.8, 4) is 0 Å². The normalized spacial score (nSPS) is 15.3. The Kier molecular flexibility index (Phi) is 4.83. The van der Waals surface area contributed by atoms with Crippen molar-refractivity contribution in [2.75, 3.05) is 13.6 Å². The van der Waals surface area contributed by atoms with Gasteiger partial charge in [0.2, 0.25) is 0 Å². The maximum atomic E-state index is 11.4. The fourth-order valence-corrected chi connectivity index (χ4v) is 1.85. The zero-order valence-electron chi connectivity index (χ0n) is 8.61. The molecule has 0 aliphatic heterocycles. The van der Waals surface area contributed by atoms with E-state index in [1.54, 1.807) is 6.92 Å². The number of hydrogen-bond acceptors (Lipinski definition) is 3. The molecule has 1 atom stereocenters.